The third-order valence-electron chi connectivity index (χ3n) is 2.25. The first-order valence-electron chi connectivity index (χ1n) is 3.44. The Balaban J connectivity index is 2.32. The van der Waals surface area contributed by atoms with Gasteiger partial charge in [-0.15, -0.1) is 0 Å². The topological polar surface area (TPSA) is 37.3 Å². The van der Waals surface area contributed by atoms with E-state index in [0.717, 1.165) is 12.8 Å². The van der Waals surface area contributed by atoms with E-state index in [1.54, 1.807) is 6.92 Å². The fourth-order valence-electron chi connectivity index (χ4n) is 1.14. The predicted molar refractivity (Wildman–Crippen MR) is 34.1 cm³/mol. The molecular formula is C7H12O2. The van der Waals surface area contributed by atoms with Crippen molar-refractivity contribution in [1.29, 1.82) is 0 Å². The van der Waals surface area contributed by atoms with Crippen molar-refractivity contribution >= 4 is 5.97 Å². The first-order valence-corrected chi connectivity index (χ1v) is 3.44. The summed E-state index contributed by atoms with van der Waals surface area (Å²) in [5, 5.41) is 8.52. The van der Waals surface area contributed by atoms with Gasteiger partial charge in [-0.25, -0.2) is 0 Å². The van der Waals surface area contributed by atoms with Gasteiger partial charge in [-0.3, -0.25) is 4.79 Å². The molecule has 0 heterocycles. The van der Waals surface area contributed by atoms with Crippen molar-refractivity contribution in [2.75, 3.05) is 0 Å². The molecule has 1 aliphatic carbocycles. The first kappa shape index (κ1) is 6.59. The maximum absolute atomic E-state index is 10.3. The normalized spacial score (nSPS) is 22.8. The number of aliphatic carboxylic acids is 1. The lowest BCUT2D eigenvalue weighted by molar-refractivity contribution is -0.144. The summed E-state index contributed by atoms with van der Waals surface area (Å²) >= 11 is 0. The van der Waals surface area contributed by atoms with Crippen LogP contribution in [0.5, 0.6) is 0 Å². The number of rotatable bonds is 2. The highest BCUT2D eigenvalue weighted by Gasteiger charge is 2.28. The predicted octanol–water partition coefficient (Wildman–Crippen LogP) is 1.51. The van der Waals surface area contributed by atoms with E-state index in [4.69, 9.17) is 5.11 Å². The van der Waals surface area contributed by atoms with E-state index >= 15 is 0 Å². The van der Waals surface area contributed by atoms with E-state index in [1.165, 1.54) is 6.42 Å². The van der Waals surface area contributed by atoms with Crippen molar-refractivity contribution in [1.82, 2.24) is 0 Å². The largest absolute Gasteiger partial charge is 0.481 e. The summed E-state index contributed by atoms with van der Waals surface area (Å²) in [5.41, 5.74) is 0. The minimum Gasteiger partial charge on any atom is -0.481 e. The number of carboxylic acid groups (broad SMARTS) is 1. The van der Waals surface area contributed by atoms with Gasteiger partial charge in [0.15, 0.2) is 0 Å². The Kier molecular flexibility index (Phi) is 1.74. The molecule has 2 nitrogen and oxygen atoms in total. The molecule has 1 atom stereocenters. The third-order valence-corrected chi connectivity index (χ3v) is 2.25. The first-order chi connectivity index (χ1) is 4.22. The molecule has 0 unspecified atom stereocenters. The number of carbonyl (C=O) groups is 1. The second kappa shape index (κ2) is 2.38. The molecule has 52 valence electrons. The van der Waals surface area contributed by atoms with E-state index < -0.39 is 5.97 Å². The van der Waals surface area contributed by atoms with Crippen LogP contribution in [-0.4, -0.2) is 11.1 Å². The van der Waals surface area contributed by atoms with Crippen LogP contribution in [0.2, 0.25) is 0 Å². The van der Waals surface area contributed by atoms with Gasteiger partial charge in [0.1, 0.15) is 0 Å². The molecule has 0 spiro atoms. The Hall–Kier alpha value is -0.530. The van der Waals surface area contributed by atoms with E-state index in [1.807, 2.05) is 0 Å². The van der Waals surface area contributed by atoms with Crippen LogP contribution < -0.4 is 0 Å². The van der Waals surface area contributed by atoms with Crippen LogP contribution in [0.15, 0.2) is 0 Å². The lowest BCUT2D eigenvalue weighted by Crippen LogP contribution is -2.25. The maximum atomic E-state index is 10.3. The zero-order valence-corrected chi connectivity index (χ0v) is 5.63. The summed E-state index contributed by atoms with van der Waals surface area (Å²) in [6.45, 7) is 1.80. The highest BCUT2D eigenvalue weighted by Crippen LogP contribution is 2.32. The Morgan fingerprint density at radius 2 is 2.22 bits per heavy atom. The quantitative estimate of drug-likeness (QED) is 0.612. The highest BCUT2D eigenvalue weighted by atomic mass is 16.4. The van der Waals surface area contributed by atoms with Crippen LogP contribution in [0, 0.1) is 11.8 Å². The summed E-state index contributed by atoms with van der Waals surface area (Å²) in [4.78, 5) is 10.3. The van der Waals surface area contributed by atoms with Gasteiger partial charge in [0, 0.05) is 0 Å². The van der Waals surface area contributed by atoms with Gasteiger partial charge < -0.3 is 5.11 Å². The Bertz CT molecular complexity index is 116. The molecule has 1 saturated carbocycles. The molecule has 0 aromatic heterocycles. The van der Waals surface area contributed by atoms with Gasteiger partial charge in [0.05, 0.1) is 5.92 Å². The van der Waals surface area contributed by atoms with E-state index in [9.17, 15) is 4.79 Å². The van der Waals surface area contributed by atoms with E-state index in [0.29, 0.717) is 5.92 Å². The Labute approximate surface area is 54.9 Å². The van der Waals surface area contributed by atoms with Crippen molar-refractivity contribution in [3.63, 3.8) is 0 Å². The molecule has 0 aromatic carbocycles. The van der Waals surface area contributed by atoms with Crippen molar-refractivity contribution in [3.8, 4) is 0 Å². The SMILES string of the molecule is C[C@@H](C(=O)O)C1CCC1. The number of hydrogen-bond acceptors (Lipinski definition) is 1. The van der Waals surface area contributed by atoms with Crippen LogP contribution in [-0.2, 0) is 4.79 Å². The molecule has 1 fully saturated rings. The summed E-state index contributed by atoms with van der Waals surface area (Å²) in [7, 11) is 0. The minimum atomic E-state index is -0.639. The molecule has 1 N–H and O–H groups in total. The summed E-state index contributed by atoms with van der Waals surface area (Å²) in [6.07, 6.45) is 3.46. The summed E-state index contributed by atoms with van der Waals surface area (Å²) in [6, 6.07) is 0. The summed E-state index contributed by atoms with van der Waals surface area (Å²) < 4.78 is 0. The maximum Gasteiger partial charge on any atom is 0.306 e. The molecule has 2 heteroatoms. The Morgan fingerprint density at radius 3 is 2.33 bits per heavy atom. The molecule has 1 rings (SSSR count). The smallest absolute Gasteiger partial charge is 0.306 e. The molecule has 0 amide bonds. The third kappa shape index (κ3) is 1.23. The van der Waals surface area contributed by atoms with Gasteiger partial charge >= 0.3 is 5.97 Å². The lowest BCUT2D eigenvalue weighted by Gasteiger charge is -2.28. The van der Waals surface area contributed by atoms with E-state index in [-0.39, 0.29) is 5.92 Å². The lowest BCUT2D eigenvalue weighted by atomic mass is 9.77. The van der Waals surface area contributed by atoms with Gasteiger partial charge in [0.25, 0.3) is 0 Å². The van der Waals surface area contributed by atoms with Gasteiger partial charge in [-0.1, -0.05) is 13.3 Å². The van der Waals surface area contributed by atoms with Crippen LogP contribution in [0.4, 0.5) is 0 Å². The van der Waals surface area contributed by atoms with Gasteiger partial charge in [0.2, 0.25) is 0 Å². The van der Waals surface area contributed by atoms with Crippen molar-refractivity contribution in [3.05, 3.63) is 0 Å². The average molecular weight is 128 g/mol. The molecule has 0 radical (unpaired) electrons. The molecule has 1 aliphatic rings. The van der Waals surface area contributed by atoms with E-state index in [2.05, 4.69) is 0 Å². The van der Waals surface area contributed by atoms with Crippen LogP contribution in [0.1, 0.15) is 26.2 Å². The van der Waals surface area contributed by atoms with Crippen molar-refractivity contribution < 1.29 is 9.90 Å². The number of carboxylic acids is 1. The van der Waals surface area contributed by atoms with Crippen LogP contribution in [0.25, 0.3) is 0 Å². The molecule has 0 bridgehead atoms. The highest BCUT2D eigenvalue weighted by molar-refractivity contribution is 5.69. The fourth-order valence-corrected chi connectivity index (χ4v) is 1.14. The van der Waals surface area contributed by atoms with Crippen LogP contribution >= 0.6 is 0 Å². The van der Waals surface area contributed by atoms with Crippen LogP contribution in [0.3, 0.4) is 0 Å². The molecule has 0 aromatic rings. The molecular weight excluding hydrogens is 116 g/mol. The average Bonchev–Trinajstić information content (AvgIpc) is 1.60. The molecule has 9 heavy (non-hydrogen) atoms. The Morgan fingerprint density at radius 1 is 1.67 bits per heavy atom. The summed E-state index contributed by atoms with van der Waals surface area (Å²) in [5.74, 6) is -0.277. The fraction of sp³-hybridized carbons (Fsp3) is 0.857. The zero-order valence-electron chi connectivity index (χ0n) is 5.63. The molecule has 0 aliphatic heterocycles. The van der Waals surface area contributed by atoms with Gasteiger partial charge in [-0.05, 0) is 18.8 Å². The van der Waals surface area contributed by atoms with Crippen molar-refractivity contribution in [2.24, 2.45) is 11.8 Å². The zero-order chi connectivity index (χ0) is 6.85. The second-order valence-corrected chi connectivity index (χ2v) is 2.82. The monoisotopic (exact) mass is 128 g/mol. The van der Waals surface area contributed by atoms with Gasteiger partial charge in [-0.2, -0.15) is 0 Å². The number of hydrogen-bond donors (Lipinski definition) is 1. The van der Waals surface area contributed by atoms with Crippen molar-refractivity contribution in [2.45, 2.75) is 26.2 Å². The molecule has 0 saturated heterocycles. The minimum absolute atomic E-state index is 0.112. The second-order valence-electron chi connectivity index (χ2n) is 2.82. The standard InChI is InChI=1S/C7H12O2/c1-5(7(8)9)6-3-2-4-6/h5-6H,2-4H2,1H3,(H,8,9)/t5-/m1/s1.